The highest BCUT2D eigenvalue weighted by Gasteiger charge is 2.38. The molecule has 9 heteroatoms. The molecular weight excluding hydrogens is 618 g/mol. The Labute approximate surface area is 289 Å². The second-order valence-electron chi connectivity index (χ2n) is 14.4. The Balaban J connectivity index is 1.41. The Morgan fingerprint density at radius 1 is 0.878 bits per heavy atom. The largest absolute Gasteiger partial charge is 0.461 e. The third-order valence-electron chi connectivity index (χ3n) is 9.73. The Kier molecular flexibility index (Phi) is 12.1. The lowest BCUT2D eigenvalue weighted by atomic mass is 9.83. The van der Waals surface area contributed by atoms with E-state index in [0.717, 1.165) is 54.0 Å². The van der Waals surface area contributed by atoms with E-state index in [1.165, 1.54) is 0 Å². The van der Waals surface area contributed by atoms with Gasteiger partial charge in [0.2, 0.25) is 11.8 Å². The van der Waals surface area contributed by atoms with Gasteiger partial charge in [-0.15, -0.1) is 0 Å². The van der Waals surface area contributed by atoms with E-state index in [4.69, 9.17) is 4.74 Å². The van der Waals surface area contributed by atoms with E-state index in [0.29, 0.717) is 18.4 Å². The summed E-state index contributed by atoms with van der Waals surface area (Å²) in [7, 11) is 0. The number of carbonyl (C=O) groups is 4. The molecule has 3 aromatic rings. The van der Waals surface area contributed by atoms with Crippen molar-refractivity contribution in [1.29, 1.82) is 0 Å². The summed E-state index contributed by atoms with van der Waals surface area (Å²) >= 11 is 0. The Hall–Kier alpha value is -4.24. The molecule has 5 rings (SSSR count). The molecule has 0 radical (unpaired) electrons. The van der Waals surface area contributed by atoms with Crippen LogP contribution in [0.25, 0.3) is 10.8 Å². The van der Waals surface area contributed by atoms with Gasteiger partial charge in [0.25, 0.3) is 5.91 Å². The maximum absolute atomic E-state index is 14.4. The average molecular weight is 670 g/mol. The van der Waals surface area contributed by atoms with Gasteiger partial charge in [-0.25, -0.2) is 4.79 Å². The fraction of sp³-hybridized carbons (Fsp3) is 0.500. The predicted octanol–water partition coefficient (Wildman–Crippen LogP) is 5.71. The highest BCUT2D eigenvalue weighted by molar-refractivity contribution is 6.11. The van der Waals surface area contributed by atoms with Gasteiger partial charge >= 0.3 is 5.97 Å². The minimum atomic E-state index is -1.54. The van der Waals surface area contributed by atoms with E-state index in [2.05, 4.69) is 10.6 Å². The number of carbonyl (C=O) groups excluding carboxylic acids is 4. The third-order valence-corrected chi connectivity index (χ3v) is 9.73. The lowest BCUT2D eigenvalue weighted by molar-refractivity contribution is -0.159. The zero-order valence-electron chi connectivity index (χ0n) is 29.2. The molecule has 1 aliphatic carbocycles. The summed E-state index contributed by atoms with van der Waals surface area (Å²) in [5.41, 5.74) is 2.40. The van der Waals surface area contributed by atoms with Gasteiger partial charge in [0.1, 0.15) is 12.1 Å². The van der Waals surface area contributed by atoms with Crippen molar-refractivity contribution in [2.24, 2.45) is 11.8 Å². The number of benzene rings is 3. The van der Waals surface area contributed by atoms with Gasteiger partial charge in [0.05, 0.1) is 12.1 Å². The molecule has 0 spiro atoms. The molecule has 0 saturated heterocycles. The number of esters is 1. The molecule has 1 fully saturated rings. The van der Waals surface area contributed by atoms with Gasteiger partial charge in [0, 0.05) is 18.5 Å². The highest BCUT2D eigenvalue weighted by Crippen LogP contribution is 2.32. The van der Waals surface area contributed by atoms with Crippen LogP contribution in [-0.4, -0.2) is 64.0 Å². The number of aliphatic hydroxyl groups is 1. The van der Waals surface area contributed by atoms with Crippen molar-refractivity contribution in [1.82, 2.24) is 15.5 Å². The van der Waals surface area contributed by atoms with Gasteiger partial charge in [-0.2, -0.15) is 0 Å². The number of nitrogens with zero attached hydrogens (tertiary/aromatic N) is 1. The fourth-order valence-corrected chi connectivity index (χ4v) is 7.34. The van der Waals surface area contributed by atoms with Crippen LogP contribution < -0.4 is 10.6 Å². The predicted molar refractivity (Wildman–Crippen MR) is 189 cm³/mol. The smallest absolute Gasteiger partial charge is 0.337 e. The van der Waals surface area contributed by atoms with Crippen LogP contribution in [0.15, 0.2) is 66.7 Å². The van der Waals surface area contributed by atoms with E-state index in [-0.39, 0.29) is 30.7 Å². The standard InChI is InChI=1S/C40H51N3O6/c1-25(2)21-33(37(45)41-32(22-27-13-7-5-8-14-27)36(44)40(48)49-26(3)4)42-38(46)34(23-28-15-9-6-10-16-28)43-24-30-19-11-17-29-18-12-20-31(35(29)30)39(43)47/h6,9-12,15-20,25-27,32-34,36,44H,5,7-8,13-14,21-24H2,1-4H3,(H,41,45)(H,42,46)/t32-,33?,34-,36?/m0/s1. The average Bonchev–Trinajstić information content (AvgIpc) is 3.08. The van der Waals surface area contributed by atoms with Gasteiger partial charge < -0.3 is 25.4 Å². The molecule has 3 aromatic carbocycles. The Morgan fingerprint density at radius 2 is 1.57 bits per heavy atom. The first-order valence-electron chi connectivity index (χ1n) is 17.9. The number of nitrogens with one attached hydrogen (secondary N) is 2. The van der Waals surface area contributed by atoms with Crippen LogP contribution in [0.4, 0.5) is 0 Å². The fourth-order valence-electron chi connectivity index (χ4n) is 7.34. The van der Waals surface area contributed by atoms with Crippen LogP contribution in [0.3, 0.4) is 0 Å². The van der Waals surface area contributed by atoms with Crippen molar-refractivity contribution < 1.29 is 29.0 Å². The van der Waals surface area contributed by atoms with Crippen molar-refractivity contribution in [2.45, 2.75) is 116 Å². The molecule has 0 bridgehead atoms. The molecule has 2 aliphatic rings. The minimum Gasteiger partial charge on any atom is -0.461 e. The van der Waals surface area contributed by atoms with E-state index in [1.54, 1.807) is 24.8 Å². The summed E-state index contributed by atoms with van der Waals surface area (Å²) in [6.07, 6.45) is 4.29. The number of aliphatic hydroxyl groups excluding tert-OH is 1. The van der Waals surface area contributed by atoms with Crippen molar-refractivity contribution in [3.05, 3.63) is 83.4 Å². The van der Waals surface area contributed by atoms with Gasteiger partial charge in [-0.3, -0.25) is 14.4 Å². The SMILES string of the molecule is CC(C)CC(NC(=O)[C@H](Cc1ccccc1)N1Cc2cccc3cccc(c23)C1=O)C(=O)N[C@@H](CC1CCCCC1)C(O)C(=O)OC(C)C. The molecule has 2 unspecified atom stereocenters. The van der Waals surface area contributed by atoms with E-state index >= 15 is 0 Å². The minimum absolute atomic E-state index is 0.0392. The summed E-state index contributed by atoms with van der Waals surface area (Å²) in [6.45, 7) is 7.62. The third kappa shape index (κ3) is 9.06. The van der Waals surface area contributed by atoms with E-state index in [1.807, 2.05) is 74.5 Å². The lowest BCUT2D eigenvalue weighted by Gasteiger charge is -2.36. The van der Waals surface area contributed by atoms with Crippen molar-refractivity contribution >= 4 is 34.5 Å². The first-order chi connectivity index (χ1) is 23.5. The molecule has 49 heavy (non-hydrogen) atoms. The van der Waals surface area contributed by atoms with Crippen molar-refractivity contribution in [3.63, 3.8) is 0 Å². The number of ether oxygens (including phenoxy) is 1. The molecule has 1 heterocycles. The lowest BCUT2D eigenvalue weighted by Crippen LogP contribution is -2.58. The van der Waals surface area contributed by atoms with Crippen molar-refractivity contribution in [2.75, 3.05) is 0 Å². The second-order valence-corrected chi connectivity index (χ2v) is 14.4. The molecule has 1 aliphatic heterocycles. The topological polar surface area (TPSA) is 125 Å². The zero-order chi connectivity index (χ0) is 35.1. The number of rotatable bonds is 14. The van der Waals surface area contributed by atoms with Crippen LogP contribution in [0.1, 0.15) is 94.1 Å². The molecular formula is C40H51N3O6. The maximum Gasteiger partial charge on any atom is 0.337 e. The summed E-state index contributed by atoms with van der Waals surface area (Å²) < 4.78 is 5.32. The summed E-state index contributed by atoms with van der Waals surface area (Å²) in [5, 5.41) is 19.0. The molecule has 3 N–H and O–H groups in total. The molecule has 9 nitrogen and oxygen atoms in total. The Bertz CT molecular complexity index is 1610. The molecule has 1 saturated carbocycles. The number of amides is 3. The van der Waals surface area contributed by atoms with Gasteiger partial charge in [-0.1, -0.05) is 107 Å². The van der Waals surface area contributed by atoms with Crippen LogP contribution in [0, 0.1) is 11.8 Å². The monoisotopic (exact) mass is 669 g/mol. The van der Waals surface area contributed by atoms with Crippen LogP contribution in [-0.2, 0) is 32.1 Å². The van der Waals surface area contributed by atoms with Crippen LogP contribution in [0.5, 0.6) is 0 Å². The number of hydrogen-bond acceptors (Lipinski definition) is 6. The summed E-state index contributed by atoms with van der Waals surface area (Å²) in [6, 6.07) is 18.4. The Morgan fingerprint density at radius 3 is 2.24 bits per heavy atom. The van der Waals surface area contributed by atoms with Crippen molar-refractivity contribution in [3.8, 4) is 0 Å². The maximum atomic E-state index is 14.4. The van der Waals surface area contributed by atoms with Gasteiger partial charge in [-0.05, 0) is 66.5 Å². The normalized spacial score (nSPS) is 17.4. The summed E-state index contributed by atoms with van der Waals surface area (Å²) in [5.74, 6) is -1.62. The summed E-state index contributed by atoms with van der Waals surface area (Å²) in [4.78, 5) is 57.0. The second kappa shape index (κ2) is 16.4. The van der Waals surface area contributed by atoms with Crippen LogP contribution >= 0.6 is 0 Å². The highest BCUT2D eigenvalue weighted by atomic mass is 16.6. The first kappa shape index (κ1) is 36.1. The molecule has 3 amide bonds. The first-order valence-corrected chi connectivity index (χ1v) is 17.9. The molecule has 4 atom stereocenters. The van der Waals surface area contributed by atoms with Gasteiger partial charge in [0.15, 0.2) is 6.10 Å². The quantitative estimate of drug-likeness (QED) is 0.189. The van der Waals surface area contributed by atoms with E-state index in [9.17, 15) is 24.3 Å². The van der Waals surface area contributed by atoms with Crippen LogP contribution in [0.2, 0.25) is 0 Å². The molecule has 262 valence electrons. The number of hydrogen-bond donors (Lipinski definition) is 3. The van der Waals surface area contributed by atoms with E-state index < -0.39 is 48.1 Å². The zero-order valence-corrected chi connectivity index (χ0v) is 29.2. The molecule has 0 aromatic heterocycles.